The molecular formula is C55H38N2S. The molecule has 2 heterocycles. The molecule has 3 heteroatoms. The number of aromatic nitrogens is 2. The first-order chi connectivity index (χ1) is 28.5. The van der Waals surface area contributed by atoms with Gasteiger partial charge >= 0.3 is 0 Å². The Hall–Kier alpha value is -6.94. The summed E-state index contributed by atoms with van der Waals surface area (Å²) < 4.78 is 2.61. The summed E-state index contributed by atoms with van der Waals surface area (Å²) in [5, 5.41) is 2.59. The summed E-state index contributed by atoms with van der Waals surface area (Å²) in [5.74, 6) is 0.700. The predicted octanol–water partition coefficient (Wildman–Crippen LogP) is 15.2. The number of benzene rings is 8. The molecule has 274 valence electrons. The van der Waals surface area contributed by atoms with E-state index < -0.39 is 0 Å². The van der Waals surface area contributed by atoms with Gasteiger partial charge in [-0.25, -0.2) is 9.97 Å². The first-order valence-electron chi connectivity index (χ1n) is 19.9. The second-order valence-corrected chi connectivity index (χ2v) is 16.8. The van der Waals surface area contributed by atoms with Crippen molar-refractivity contribution in [1.29, 1.82) is 0 Å². The molecule has 8 aromatic carbocycles. The van der Waals surface area contributed by atoms with E-state index in [0.717, 1.165) is 50.3 Å². The van der Waals surface area contributed by atoms with E-state index in [1.807, 2.05) is 17.4 Å². The third-order valence-electron chi connectivity index (χ3n) is 11.9. The van der Waals surface area contributed by atoms with Gasteiger partial charge in [0.2, 0.25) is 0 Å². The van der Waals surface area contributed by atoms with Crippen molar-refractivity contribution >= 4 is 31.5 Å². The van der Waals surface area contributed by atoms with Gasteiger partial charge in [-0.05, 0) is 98.1 Å². The lowest BCUT2D eigenvalue weighted by Crippen LogP contribution is -2.14. The Morgan fingerprint density at radius 1 is 0.362 bits per heavy atom. The second-order valence-electron chi connectivity index (χ2n) is 15.7. The fourth-order valence-corrected chi connectivity index (χ4v) is 10.1. The highest BCUT2D eigenvalue weighted by atomic mass is 32.1. The predicted molar refractivity (Wildman–Crippen MR) is 245 cm³/mol. The van der Waals surface area contributed by atoms with Crippen LogP contribution in [0.2, 0.25) is 0 Å². The van der Waals surface area contributed by atoms with Crippen molar-refractivity contribution in [3.8, 4) is 78.4 Å². The van der Waals surface area contributed by atoms with Gasteiger partial charge in [-0.2, -0.15) is 0 Å². The first-order valence-corrected chi connectivity index (χ1v) is 20.7. The number of hydrogen-bond donors (Lipinski definition) is 0. The molecule has 0 saturated heterocycles. The molecule has 0 unspecified atom stereocenters. The van der Waals surface area contributed by atoms with Crippen LogP contribution < -0.4 is 0 Å². The van der Waals surface area contributed by atoms with E-state index in [1.54, 1.807) is 0 Å². The maximum absolute atomic E-state index is 5.36. The van der Waals surface area contributed by atoms with E-state index in [0.29, 0.717) is 5.82 Å². The molecule has 0 bridgehead atoms. The first kappa shape index (κ1) is 34.3. The van der Waals surface area contributed by atoms with Gasteiger partial charge in [0.05, 0.1) is 11.4 Å². The zero-order valence-electron chi connectivity index (χ0n) is 32.3. The third kappa shape index (κ3) is 5.69. The standard InChI is InChI=1S/C55H38N2S/c1-55(2)47-25-13-11-23-45(47)53-44(24-15-26-48(53)55)41-20-9-10-21-42(41)50-34-49(56-54(57-50)36-18-7-4-8-19-36)40-31-38(35-16-5-3-6-17-35)30-39(32-40)37-28-29-52-46(33-37)43-22-12-14-27-51(43)58-52/h3-34H,1-2H3. The minimum Gasteiger partial charge on any atom is -0.228 e. The van der Waals surface area contributed by atoms with Crippen LogP contribution in [0.5, 0.6) is 0 Å². The molecule has 0 saturated carbocycles. The zero-order chi connectivity index (χ0) is 38.8. The van der Waals surface area contributed by atoms with E-state index >= 15 is 0 Å². The van der Waals surface area contributed by atoms with Gasteiger partial charge in [0.1, 0.15) is 0 Å². The Bertz CT molecular complexity index is 3190. The summed E-state index contributed by atoms with van der Waals surface area (Å²) in [4.78, 5) is 10.7. The van der Waals surface area contributed by atoms with Crippen molar-refractivity contribution < 1.29 is 0 Å². The van der Waals surface area contributed by atoms with Gasteiger partial charge in [-0.3, -0.25) is 0 Å². The summed E-state index contributed by atoms with van der Waals surface area (Å²) in [6.07, 6.45) is 0. The average molecular weight is 759 g/mol. The van der Waals surface area contributed by atoms with Crippen LogP contribution in [0.4, 0.5) is 0 Å². The largest absolute Gasteiger partial charge is 0.228 e. The summed E-state index contributed by atoms with van der Waals surface area (Å²) in [6.45, 7) is 4.68. The monoisotopic (exact) mass is 758 g/mol. The summed E-state index contributed by atoms with van der Waals surface area (Å²) in [6, 6.07) is 70.2. The highest BCUT2D eigenvalue weighted by molar-refractivity contribution is 7.25. The number of hydrogen-bond acceptors (Lipinski definition) is 3. The van der Waals surface area contributed by atoms with Crippen LogP contribution in [-0.4, -0.2) is 9.97 Å². The number of thiophene rings is 1. The van der Waals surface area contributed by atoms with Crippen LogP contribution in [0, 0.1) is 0 Å². The minimum absolute atomic E-state index is 0.0953. The molecule has 0 amide bonds. The molecule has 10 aromatic rings. The van der Waals surface area contributed by atoms with Crippen molar-refractivity contribution in [3.05, 3.63) is 205 Å². The van der Waals surface area contributed by atoms with Gasteiger partial charge in [-0.1, -0.05) is 166 Å². The quantitative estimate of drug-likeness (QED) is 0.169. The maximum Gasteiger partial charge on any atom is 0.160 e. The summed E-state index contributed by atoms with van der Waals surface area (Å²) in [7, 11) is 0. The molecule has 0 spiro atoms. The molecule has 11 rings (SSSR count). The Morgan fingerprint density at radius 2 is 0.948 bits per heavy atom. The van der Waals surface area contributed by atoms with Gasteiger partial charge in [-0.15, -0.1) is 11.3 Å². The van der Waals surface area contributed by atoms with Gasteiger partial charge in [0, 0.05) is 42.3 Å². The van der Waals surface area contributed by atoms with E-state index in [1.165, 1.54) is 53.6 Å². The SMILES string of the molecule is CC1(C)c2ccccc2-c2c(-c3ccccc3-c3cc(-c4cc(-c5ccccc5)cc(-c5ccc6sc7ccccc7c6c5)c4)nc(-c4ccccc4)n3)cccc21. The normalized spacial score (nSPS) is 12.8. The molecule has 1 aliphatic carbocycles. The fourth-order valence-electron chi connectivity index (χ4n) is 9.01. The minimum atomic E-state index is -0.0953. The van der Waals surface area contributed by atoms with E-state index in [-0.39, 0.29) is 5.41 Å². The second kappa shape index (κ2) is 13.6. The Labute approximate surface area is 342 Å². The molecule has 0 fully saturated rings. The molecule has 0 atom stereocenters. The summed E-state index contributed by atoms with van der Waals surface area (Å²) >= 11 is 1.85. The van der Waals surface area contributed by atoms with Crippen LogP contribution >= 0.6 is 11.3 Å². The lowest BCUT2D eigenvalue weighted by Gasteiger charge is -2.22. The average Bonchev–Trinajstić information content (AvgIpc) is 3.78. The highest BCUT2D eigenvalue weighted by Crippen LogP contribution is 2.53. The highest BCUT2D eigenvalue weighted by Gasteiger charge is 2.36. The molecule has 0 radical (unpaired) electrons. The molecule has 0 N–H and O–H groups in total. The fraction of sp³-hybridized carbons (Fsp3) is 0.0545. The van der Waals surface area contributed by atoms with Gasteiger partial charge in [0.15, 0.2) is 5.82 Å². The van der Waals surface area contributed by atoms with Crippen molar-refractivity contribution in [2.45, 2.75) is 19.3 Å². The molecular weight excluding hydrogens is 721 g/mol. The maximum atomic E-state index is 5.36. The molecule has 1 aliphatic rings. The van der Waals surface area contributed by atoms with Gasteiger partial charge in [0.25, 0.3) is 0 Å². The van der Waals surface area contributed by atoms with Crippen LogP contribution in [0.15, 0.2) is 194 Å². The van der Waals surface area contributed by atoms with Crippen LogP contribution in [0.25, 0.3) is 98.6 Å². The van der Waals surface area contributed by atoms with E-state index in [9.17, 15) is 0 Å². The number of rotatable bonds is 6. The number of fused-ring (bicyclic) bond motifs is 6. The summed E-state index contributed by atoms with van der Waals surface area (Å²) in [5.41, 5.74) is 17.1. The zero-order valence-corrected chi connectivity index (χ0v) is 33.1. The Morgan fingerprint density at radius 3 is 1.76 bits per heavy atom. The Kier molecular flexibility index (Phi) is 8.06. The lowest BCUT2D eigenvalue weighted by molar-refractivity contribution is 0.660. The molecule has 2 aromatic heterocycles. The number of nitrogens with zero attached hydrogens (tertiary/aromatic N) is 2. The van der Waals surface area contributed by atoms with Crippen molar-refractivity contribution in [2.75, 3.05) is 0 Å². The van der Waals surface area contributed by atoms with Crippen molar-refractivity contribution in [2.24, 2.45) is 0 Å². The van der Waals surface area contributed by atoms with Gasteiger partial charge < -0.3 is 0 Å². The van der Waals surface area contributed by atoms with E-state index in [2.05, 4.69) is 202 Å². The third-order valence-corrected chi connectivity index (χ3v) is 13.1. The molecule has 0 aliphatic heterocycles. The van der Waals surface area contributed by atoms with Crippen molar-refractivity contribution in [1.82, 2.24) is 9.97 Å². The topological polar surface area (TPSA) is 25.8 Å². The lowest BCUT2D eigenvalue weighted by atomic mass is 9.81. The smallest absolute Gasteiger partial charge is 0.160 e. The molecule has 58 heavy (non-hydrogen) atoms. The molecule has 2 nitrogen and oxygen atoms in total. The Balaban J connectivity index is 1.13. The van der Waals surface area contributed by atoms with Crippen LogP contribution in [0.1, 0.15) is 25.0 Å². The van der Waals surface area contributed by atoms with Crippen molar-refractivity contribution in [3.63, 3.8) is 0 Å². The van der Waals surface area contributed by atoms with Crippen LogP contribution in [-0.2, 0) is 5.41 Å². The van der Waals surface area contributed by atoms with Crippen LogP contribution in [0.3, 0.4) is 0 Å². The van der Waals surface area contributed by atoms with E-state index in [4.69, 9.17) is 9.97 Å².